The minimum Gasteiger partial charge on any atom is -0.299 e. The van der Waals surface area contributed by atoms with Gasteiger partial charge in [0, 0.05) is 27.1 Å². The predicted molar refractivity (Wildman–Crippen MR) is 91.7 cm³/mol. The van der Waals surface area contributed by atoms with Crippen molar-refractivity contribution in [3.05, 3.63) is 45.0 Å². The number of halogens is 2. The molecule has 2 aromatic rings. The lowest BCUT2D eigenvalue weighted by molar-refractivity contribution is -0.122. The van der Waals surface area contributed by atoms with Gasteiger partial charge in [-0.3, -0.25) is 4.79 Å². The van der Waals surface area contributed by atoms with Crippen molar-refractivity contribution < 1.29 is 4.79 Å². The first-order valence-corrected chi connectivity index (χ1v) is 8.82. The highest BCUT2D eigenvalue weighted by molar-refractivity contribution is 9.13. The molecule has 0 bridgehead atoms. The zero-order valence-electron chi connectivity index (χ0n) is 11.7. The predicted octanol–water partition coefficient (Wildman–Crippen LogP) is 4.45. The van der Waals surface area contributed by atoms with E-state index in [0.717, 1.165) is 38.9 Å². The van der Waals surface area contributed by atoms with Gasteiger partial charge in [-0.2, -0.15) is 5.10 Å². The Morgan fingerprint density at radius 3 is 2.82 bits per heavy atom. The van der Waals surface area contributed by atoms with Crippen LogP contribution in [0.25, 0.3) is 0 Å². The highest BCUT2D eigenvalue weighted by Crippen LogP contribution is 2.41. The van der Waals surface area contributed by atoms with Crippen molar-refractivity contribution in [2.45, 2.75) is 25.3 Å². The van der Waals surface area contributed by atoms with E-state index in [1.54, 1.807) is 6.20 Å². The number of carbonyl (C=O) groups excluding carboxylic acids is 1. The van der Waals surface area contributed by atoms with Crippen molar-refractivity contribution in [1.82, 2.24) is 9.78 Å². The van der Waals surface area contributed by atoms with Crippen LogP contribution in [-0.4, -0.2) is 21.3 Å². The van der Waals surface area contributed by atoms with Gasteiger partial charge >= 0.3 is 0 Å². The Morgan fingerprint density at radius 2 is 2.00 bits per heavy atom. The van der Waals surface area contributed by atoms with E-state index in [1.807, 2.05) is 16.8 Å². The summed E-state index contributed by atoms with van der Waals surface area (Å²) in [4.78, 5) is 17.2. The highest BCUT2D eigenvalue weighted by Gasteiger charge is 2.41. The first kappa shape index (κ1) is 14.3. The zero-order valence-corrected chi connectivity index (χ0v) is 14.8. The van der Waals surface area contributed by atoms with Gasteiger partial charge in [0.2, 0.25) is 0 Å². The second-order valence-corrected chi connectivity index (χ2v) is 7.36. The number of Topliss-reactive ketones (excluding diaryl/α,β-unsaturated/α-hetero) is 1. The van der Waals surface area contributed by atoms with Gasteiger partial charge in [-0.15, -0.1) is 0 Å². The molecule has 1 aromatic heterocycles. The van der Waals surface area contributed by atoms with Gasteiger partial charge in [-0.25, -0.2) is 9.67 Å². The molecular weight excluding hydrogens is 410 g/mol. The van der Waals surface area contributed by atoms with Gasteiger partial charge in [0.05, 0.1) is 18.2 Å². The van der Waals surface area contributed by atoms with E-state index >= 15 is 0 Å². The van der Waals surface area contributed by atoms with Crippen LogP contribution in [-0.2, 0) is 4.79 Å². The third-order valence-corrected chi connectivity index (χ3v) is 6.21. The fourth-order valence-corrected chi connectivity index (χ4v) is 4.00. The Kier molecular flexibility index (Phi) is 3.53. The fraction of sp³-hybridized carbons (Fsp3) is 0.312. The molecule has 0 amide bonds. The molecule has 1 fully saturated rings. The summed E-state index contributed by atoms with van der Waals surface area (Å²) in [7, 11) is 0. The number of benzene rings is 1. The van der Waals surface area contributed by atoms with E-state index in [-0.39, 0.29) is 17.7 Å². The van der Waals surface area contributed by atoms with E-state index in [9.17, 15) is 4.79 Å². The summed E-state index contributed by atoms with van der Waals surface area (Å²) in [5.41, 5.74) is 2.08. The van der Waals surface area contributed by atoms with Crippen LogP contribution in [0.3, 0.4) is 0 Å². The summed E-state index contributed by atoms with van der Waals surface area (Å²) < 4.78 is 3.86. The van der Waals surface area contributed by atoms with Gasteiger partial charge in [0.1, 0.15) is 5.78 Å². The SMILES string of the molecule is O=C1CCCC2=Nc3ccnn3C(c3ccc(Br)c(Br)c3)C12. The van der Waals surface area contributed by atoms with Gasteiger partial charge in [-0.1, -0.05) is 6.07 Å². The standard InChI is InChI=1S/C16H13Br2N3O/c17-10-5-4-9(8-11(10)18)16-15-12(2-1-3-13(15)22)20-14-6-7-19-21(14)16/h4-8,15-16H,1-3H2. The van der Waals surface area contributed by atoms with Crippen molar-refractivity contribution >= 4 is 49.2 Å². The van der Waals surface area contributed by atoms with Crippen LogP contribution < -0.4 is 0 Å². The average molecular weight is 423 g/mol. The van der Waals surface area contributed by atoms with Crippen molar-refractivity contribution in [1.29, 1.82) is 0 Å². The van der Waals surface area contributed by atoms with Crippen LogP contribution in [0.2, 0.25) is 0 Å². The summed E-state index contributed by atoms with van der Waals surface area (Å²) in [6.45, 7) is 0. The molecule has 6 heteroatoms. The topological polar surface area (TPSA) is 47.2 Å². The second kappa shape index (κ2) is 5.42. The summed E-state index contributed by atoms with van der Waals surface area (Å²) in [6, 6.07) is 7.92. The number of rotatable bonds is 1. The molecule has 4 nitrogen and oxygen atoms in total. The maximum atomic E-state index is 12.6. The maximum Gasteiger partial charge on any atom is 0.150 e. The van der Waals surface area contributed by atoms with Crippen molar-refractivity contribution in [2.24, 2.45) is 10.9 Å². The number of aromatic nitrogens is 2. The molecule has 4 rings (SSSR count). The van der Waals surface area contributed by atoms with Crippen LogP contribution in [0.4, 0.5) is 5.82 Å². The summed E-state index contributed by atoms with van der Waals surface area (Å²) in [5, 5.41) is 4.42. The normalized spacial score (nSPS) is 23.7. The van der Waals surface area contributed by atoms with E-state index in [4.69, 9.17) is 0 Å². The van der Waals surface area contributed by atoms with Crippen molar-refractivity contribution in [3.63, 3.8) is 0 Å². The molecule has 0 saturated heterocycles. The molecule has 1 aliphatic heterocycles. The second-order valence-electron chi connectivity index (χ2n) is 5.65. The first-order valence-electron chi connectivity index (χ1n) is 7.24. The van der Waals surface area contributed by atoms with Crippen LogP contribution >= 0.6 is 31.9 Å². The van der Waals surface area contributed by atoms with E-state index in [1.165, 1.54) is 0 Å². The van der Waals surface area contributed by atoms with E-state index in [0.29, 0.717) is 6.42 Å². The van der Waals surface area contributed by atoms with Crippen LogP contribution in [0.1, 0.15) is 30.9 Å². The molecule has 112 valence electrons. The number of carbonyl (C=O) groups is 1. The number of hydrogen-bond donors (Lipinski definition) is 0. The summed E-state index contributed by atoms with van der Waals surface area (Å²) >= 11 is 7.05. The lowest BCUT2D eigenvalue weighted by Crippen LogP contribution is -2.39. The quantitative estimate of drug-likeness (QED) is 0.681. The van der Waals surface area contributed by atoms with Crippen molar-refractivity contribution in [2.75, 3.05) is 0 Å². The molecule has 0 radical (unpaired) electrons. The molecule has 22 heavy (non-hydrogen) atoms. The monoisotopic (exact) mass is 421 g/mol. The molecule has 2 unspecified atom stereocenters. The van der Waals surface area contributed by atoms with Gasteiger partial charge in [0.15, 0.2) is 5.82 Å². The fourth-order valence-electron chi connectivity index (χ4n) is 3.35. The Bertz CT molecular complexity index is 796. The minimum absolute atomic E-state index is 0.102. The molecule has 0 N–H and O–H groups in total. The van der Waals surface area contributed by atoms with Crippen LogP contribution in [0, 0.1) is 5.92 Å². The molecule has 0 spiro atoms. The highest BCUT2D eigenvalue weighted by atomic mass is 79.9. The minimum atomic E-state index is -0.186. The summed E-state index contributed by atoms with van der Waals surface area (Å²) in [5.74, 6) is 0.925. The van der Waals surface area contributed by atoms with Crippen LogP contribution in [0.5, 0.6) is 0 Å². The number of hydrogen-bond acceptors (Lipinski definition) is 3. The van der Waals surface area contributed by atoms with Gasteiger partial charge < -0.3 is 0 Å². The number of ketones is 1. The van der Waals surface area contributed by atoms with Crippen LogP contribution in [0.15, 0.2) is 44.4 Å². The molecular formula is C16H13Br2N3O. The number of fused-ring (bicyclic) bond motifs is 2. The Morgan fingerprint density at radius 1 is 1.14 bits per heavy atom. The number of aliphatic imine (C=N–C) groups is 1. The largest absolute Gasteiger partial charge is 0.299 e. The molecule has 2 heterocycles. The zero-order chi connectivity index (χ0) is 15.3. The lowest BCUT2D eigenvalue weighted by atomic mass is 9.77. The molecule has 1 saturated carbocycles. The average Bonchev–Trinajstić information content (AvgIpc) is 2.96. The third kappa shape index (κ3) is 2.20. The molecule has 1 aliphatic carbocycles. The number of nitrogens with zero attached hydrogens (tertiary/aromatic N) is 3. The lowest BCUT2D eigenvalue weighted by Gasteiger charge is -2.34. The van der Waals surface area contributed by atoms with E-state index < -0.39 is 0 Å². The molecule has 1 aromatic carbocycles. The first-order chi connectivity index (χ1) is 10.6. The van der Waals surface area contributed by atoms with Gasteiger partial charge in [0.25, 0.3) is 0 Å². The Hall–Kier alpha value is -1.27. The third-order valence-electron chi connectivity index (χ3n) is 4.33. The van der Waals surface area contributed by atoms with E-state index in [2.05, 4.69) is 54.1 Å². The smallest absolute Gasteiger partial charge is 0.150 e. The maximum absolute atomic E-state index is 12.6. The van der Waals surface area contributed by atoms with Crippen molar-refractivity contribution in [3.8, 4) is 0 Å². The Labute approximate surface area is 144 Å². The molecule has 2 atom stereocenters. The Balaban J connectivity index is 1.90. The van der Waals surface area contributed by atoms with Gasteiger partial charge in [-0.05, 0) is 62.4 Å². The summed E-state index contributed by atoms with van der Waals surface area (Å²) in [6.07, 6.45) is 4.19. The molecule has 2 aliphatic rings.